The Morgan fingerprint density at radius 2 is 1.90 bits per heavy atom. The SMILES string of the molecule is COc1cccc(OC)c1-n1c(CS(=O)(=O)[C@@H]2C[C@H](O)CN(c3ncc(F)cc3C#N)C2)nnc1-c1ccc(C)o1. The van der Waals surface area contributed by atoms with E-state index in [-0.39, 0.29) is 42.5 Å². The van der Waals surface area contributed by atoms with E-state index in [1.54, 1.807) is 37.3 Å². The molecule has 41 heavy (non-hydrogen) atoms. The van der Waals surface area contributed by atoms with E-state index in [0.717, 1.165) is 12.3 Å². The van der Waals surface area contributed by atoms with Gasteiger partial charge in [-0.2, -0.15) is 5.26 Å². The monoisotopic (exact) mass is 582 g/mol. The predicted molar refractivity (Wildman–Crippen MR) is 145 cm³/mol. The number of β-amino-alcohol motifs (C(OH)–C–C–N with tert-alkyl or cyclic N) is 1. The number of nitrogens with zero attached hydrogens (tertiary/aromatic N) is 6. The highest BCUT2D eigenvalue weighted by atomic mass is 32.2. The van der Waals surface area contributed by atoms with Gasteiger partial charge in [-0.3, -0.25) is 4.57 Å². The Labute approximate surface area is 235 Å². The standard InChI is InChI=1S/C27H27FN6O6S/c1-16-7-8-23(40-16)27-32-31-24(34(27)25-21(38-2)5-4-6-22(25)39-3)15-41(36,37)20-10-19(35)13-33(14-20)26-17(11-29)9-18(28)12-30-26/h4-9,12,19-20,35H,10,13-15H2,1-3H3/t19-,20+/m0/s1. The number of halogens is 1. The fourth-order valence-corrected chi connectivity index (χ4v) is 6.64. The summed E-state index contributed by atoms with van der Waals surface area (Å²) < 4.78 is 59.9. The van der Waals surface area contributed by atoms with Crippen LogP contribution in [0.25, 0.3) is 17.3 Å². The van der Waals surface area contributed by atoms with Crippen LogP contribution in [0.5, 0.6) is 11.5 Å². The Kier molecular flexibility index (Phi) is 7.65. The number of nitriles is 1. The summed E-state index contributed by atoms with van der Waals surface area (Å²) in [7, 11) is -1.04. The number of aryl methyl sites for hydroxylation is 1. The van der Waals surface area contributed by atoms with Gasteiger partial charge in [0, 0.05) is 13.1 Å². The number of hydrogen-bond donors (Lipinski definition) is 1. The van der Waals surface area contributed by atoms with Crippen molar-refractivity contribution in [1.29, 1.82) is 5.26 Å². The Bertz CT molecular complexity index is 1710. The smallest absolute Gasteiger partial charge is 0.204 e. The lowest BCUT2D eigenvalue weighted by atomic mass is 10.1. The Balaban J connectivity index is 1.56. The van der Waals surface area contributed by atoms with Crippen molar-refractivity contribution >= 4 is 15.7 Å². The van der Waals surface area contributed by atoms with Gasteiger partial charge in [0.25, 0.3) is 0 Å². The quantitative estimate of drug-likeness (QED) is 0.326. The highest BCUT2D eigenvalue weighted by Gasteiger charge is 2.38. The third-order valence-electron chi connectivity index (χ3n) is 6.80. The van der Waals surface area contributed by atoms with Crippen molar-refractivity contribution < 1.29 is 31.8 Å². The molecule has 0 radical (unpaired) electrons. The molecule has 0 unspecified atom stereocenters. The number of anilines is 1. The number of aliphatic hydroxyl groups excluding tert-OH is 1. The number of para-hydroxylation sites is 1. The van der Waals surface area contributed by atoms with Crippen molar-refractivity contribution in [3.05, 3.63) is 65.6 Å². The zero-order chi connectivity index (χ0) is 29.3. The van der Waals surface area contributed by atoms with Gasteiger partial charge in [-0.15, -0.1) is 10.2 Å². The Hall–Kier alpha value is -4.48. The third kappa shape index (κ3) is 5.46. The first-order valence-electron chi connectivity index (χ1n) is 12.6. The van der Waals surface area contributed by atoms with Gasteiger partial charge < -0.3 is 23.9 Å². The molecule has 12 nitrogen and oxygen atoms in total. The maximum atomic E-state index is 13.9. The minimum Gasteiger partial charge on any atom is -0.494 e. The molecule has 0 saturated carbocycles. The van der Waals surface area contributed by atoms with Gasteiger partial charge in [0.2, 0.25) is 5.82 Å². The molecule has 1 aromatic carbocycles. The molecule has 1 fully saturated rings. The number of aliphatic hydroxyl groups is 1. The van der Waals surface area contributed by atoms with Gasteiger partial charge in [-0.1, -0.05) is 6.07 Å². The van der Waals surface area contributed by atoms with Crippen LogP contribution in [-0.4, -0.2) is 71.9 Å². The second-order valence-corrected chi connectivity index (χ2v) is 11.8. The largest absolute Gasteiger partial charge is 0.494 e. The van der Waals surface area contributed by atoms with Crippen LogP contribution in [0.15, 0.2) is 47.0 Å². The number of benzene rings is 1. The first-order chi connectivity index (χ1) is 19.6. The van der Waals surface area contributed by atoms with E-state index < -0.39 is 32.8 Å². The van der Waals surface area contributed by atoms with E-state index in [1.807, 2.05) is 6.07 Å². The van der Waals surface area contributed by atoms with Crippen LogP contribution in [0.4, 0.5) is 10.2 Å². The second-order valence-electron chi connectivity index (χ2n) is 9.56. The fourth-order valence-electron chi connectivity index (χ4n) is 4.94. The highest BCUT2D eigenvalue weighted by molar-refractivity contribution is 7.91. The first kappa shape index (κ1) is 28.1. The highest BCUT2D eigenvalue weighted by Crippen LogP contribution is 2.37. The lowest BCUT2D eigenvalue weighted by Crippen LogP contribution is -2.49. The van der Waals surface area contributed by atoms with Crippen LogP contribution in [0, 0.1) is 24.1 Å². The van der Waals surface area contributed by atoms with Crippen LogP contribution in [0.2, 0.25) is 0 Å². The molecule has 14 heteroatoms. The van der Waals surface area contributed by atoms with Gasteiger partial charge in [-0.05, 0) is 43.7 Å². The number of pyridine rings is 1. The number of sulfone groups is 1. The number of piperidine rings is 1. The molecule has 1 aliphatic rings. The van der Waals surface area contributed by atoms with Crippen molar-refractivity contribution in [1.82, 2.24) is 19.7 Å². The molecular weight excluding hydrogens is 555 g/mol. The van der Waals surface area contributed by atoms with Crippen molar-refractivity contribution in [3.8, 4) is 34.8 Å². The van der Waals surface area contributed by atoms with Crippen LogP contribution in [0.3, 0.4) is 0 Å². The van der Waals surface area contributed by atoms with Crippen LogP contribution in [-0.2, 0) is 15.6 Å². The molecule has 214 valence electrons. The van der Waals surface area contributed by atoms with Gasteiger partial charge in [0.1, 0.15) is 46.4 Å². The molecule has 4 heterocycles. The molecule has 0 spiro atoms. The summed E-state index contributed by atoms with van der Waals surface area (Å²) in [5.74, 6) is 0.928. The summed E-state index contributed by atoms with van der Waals surface area (Å²) in [6.07, 6.45) is -0.129. The number of ether oxygens (including phenoxy) is 2. The van der Waals surface area contributed by atoms with E-state index >= 15 is 0 Å². The van der Waals surface area contributed by atoms with E-state index in [4.69, 9.17) is 13.9 Å². The van der Waals surface area contributed by atoms with Gasteiger partial charge in [-0.25, -0.2) is 17.8 Å². The summed E-state index contributed by atoms with van der Waals surface area (Å²) in [4.78, 5) is 5.48. The van der Waals surface area contributed by atoms with Gasteiger partial charge in [0.15, 0.2) is 21.4 Å². The summed E-state index contributed by atoms with van der Waals surface area (Å²) >= 11 is 0. The maximum absolute atomic E-state index is 13.9. The average molecular weight is 583 g/mol. The molecule has 1 aliphatic heterocycles. The number of aromatic nitrogens is 4. The van der Waals surface area contributed by atoms with Crippen molar-refractivity contribution in [2.24, 2.45) is 0 Å². The van der Waals surface area contributed by atoms with Gasteiger partial charge >= 0.3 is 0 Å². The molecule has 3 aromatic heterocycles. The van der Waals surface area contributed by atoms with E-state index in [1.165, 1.54) is 23.7 Å². The van der Waals surface area contributed by atoms with Crippen molar-refractivity contribution in [2.45, 2.75) is 30.5 Å². The van der Waals surface area contributed by atoms with Crippen molar-refractivity contribution in [2.75, 3.05) is 32.2 Å². The topological polar surface area (TPSA) is 157 Å². The number of methoxy groups -OCH3 is 2. The second kappa shape index (κ2) is 11.2. The molecular formula is C27H27FN6O6S. The molecule has 0 amide bonds. The molecule has 4 aromatic rings. The number of furan rings is 1. The number of rotatable bonds is 8. The molecule has 5 rings (SSSR count). The first-order valence-corrected chi connectivity index (χ1v) is 14.3. The summed E-state index contributed by atoms with van der Waals surface area (Å²) in [6, 6.07) is 11.5. The predicted octanol–water partition coefficient (Wildman–Crippen LogP) is 2.81. The van der Waals surface area contributed by atoms with Crippen LogP contribution < -0.4 is 14.4 Å². The summed E-state index contributed by atoms with van der Waals surface area (Å²) in [6.45, 7) is 1.74. The zero-order valence-electron chi connectivity index (χ0n) is 22.5. The van der Waals surface area contributed by atoms with Gasteiger partial charge in [0.05, 0.1) is 37.3 Å². The molecule has 0 aliphatic carbocycles. The van der Waals surface area contributed by atoms with E-state index in [2.05, 4.69) is 15.2 Å². The zero-order valence-corrected chi connectivity index (χ0v) is 23.3. The van der Waals surface area contributed by atoms with E-state index in [0.29, 0.717) is 28.7 Å². The van der Waals surface area contributed by atoms with Crippen LogP contribution >= 0.6 is 0 Å². The van der Waals surface area contributed by atoms with E-state index in [9.17, 15) is 23.2 Å². The minimum absolute atomic E-state index is 0.0376. The molecule has 1 N–H and O–H groups in total. The maximum Gasteiger partial charge on any atom is 0.204 e. The third-order valence-corrected chi connectivity index (χ3v) is 8.82. The molecule has 0 bridgehead atoms. The lowest BCUT2D eigenvalue weighted by Gasteiger charge is -2.36. The average Bonchev–Trinajstić information content (AvgIpc) is 3.57. The van der Waals surface area contributed by atoms with Crippen LogP contribution in [0.1, 0.15) is 23.6 Å². The Morgan fingerprint density at radius 1 is 1.17 bits per heavy atom. The Morgan fingerprint density at radius 3 is 2.54 bits per heavy atom. The lowest BCUT2D eigenvalue weighted by molar-refractivity contribution is 0.154. The number of hydrogen-bond acceptors (Lipinski definition) is 11. The minimum atomic E-state index is -3.99. The molecule has 1 saturated heterocycles. The summed E-state index contributed by atoms with van der Waals surface area (Å²) in [5, 5.41) is 27.5. The normalized spacial score (nSPS) is 17.3. The van der Waals surface area contributed by atoms with Crippen molar-refractivity contribution in [3.63, 3.8) is 0 Å². The fraction of sp³-hybridized carbons (Fsp3) is 0.333. The summed E-state index contributed by atoms with van der Waals surface area (Å²) in [5.41, 5.74) is 0.327. The molecule has 2 atom stereocenters.